The molecule has 0 saturated carbocycles. The van der Waals surface area contributed by atoms with Gasteiger partial charge in [-0.05, 0) is 37.8 Å². The highest BCUT2D eigenvalue weighted by atomic mass is 16.1. The molecule has 0 radical (unpaired) electrons. The molecule has 1 aliphatic heterocycles. The Balaban J connectivity index is 1.85. The Morgan fingerprint density at radius 2 is 2.20 bits per heavy atom. The van der Waals surface area contributed by atoms with Crippen LogP contribution >= 0.6 is 0 Å². The zero-order valence-electron chi connectivity index (χ0n) is 12.4. The van der Waals surface area contributed by atoms with Gasteiger partial charge in [0.15, 0.2) is 5.82 Å². The van der Waals surface area contributed by atoms with E-state index in [1.54, 1.807) is 0 Å². The van der Waals surface area contributed by atoms with E-state index < -0.39 is 0 Å². The third kappa shape index (κ3) is 3.72. The van der Waals surface area contributed by atoms with Gasteiger partial charge in [0.1, 0.15) is 5.69 Å². The van der Waals surface area contributed by atoms with E-state index in [2.05, 4.69) is 34.0 Å². The largest absolute Gasteiger partial charge is 0.391 e. The summed E-state index contributed by atoms with van der Waals surface area (Å²) in [4.78, 5) is 20.3. The monoisotopic (exact) mass is 279 g/mol. The molecule has 2 rings (SSSR count). The number of nitrogens with zero attached hydrogens (tertiary/aromatic N) is 2. The molecule has 1 aliphatic rings. The van der Waals surface area contributed by atoms with Crippen LogP contribution in [0.25, 0.3) is 0 Å². The minimum atomic E-state index is -0.254. The quantitative estimate of drug-likeness (QED) is 0.742. The van der Waals surface area contributed by atoms with Gasteiger partial charge in [-0.25, -0.2) is 4.98 Å². The van der Waals surface area contributed by atoms with Gasteiger partial charge in [0.2, 0.25) is 0 Å². The number of H-pyrrole nitrogens is 1. The van der Waals surface area contributed by atoms with Crippen LogP contribution in [0, 0.1) is 11.8 Å². The smallest absolute Gasteiger partial charge is 0.276 e. The molecule has 1 aromatic rings. The Hall–Kier alpha value is -1.56. The lowest BCUT2D eigenvalue weighted by Gasteiger charge is -2.33. The van der Waals surface area contributed by atoms with Crippen molar-refractivity contribution in [1.29, 1.82) is 0 Å². The molecule has 1 fully saturated rings. The summed E-state index contributed by atoms with van der Waals surface area (Å²) in [6.07, 6.45) is 3.64. The number of rotatable bonds is 5. The Morgan fingerprint density at radius 1 is 1.50 bits per heavy atom. The highest BCUT2D eigenvalue weighted by Gasteiger charge is 2.22. The molecule has 1 saturated heterocycles. The van der Waals surface area contributed by atoms with E-state index in [0.717, 1.165) is 39.0 Å². The lowest BCUT2D eigenvalue weighted by molar-refractivity contribution is 0.373. The molecular formula is C14H25N5O. The standard InChI is InChI=1S/C14H25N5O/c1-10(2)7-16-8-11-3-5-19(6-4-11)13-12(15)14(20)18-9-17-13/h9-11,16H,3-8,15H2,1-2H3,(H,17,18,20). The van der Waals surface area contributed by atoms with E-state index in [9.17, 15) is 4.79 Å². The summed E-state index contributed by atoms with van der Waals surface area (Å²) in [6.45, 7) is 8.41. The Labute approximate surface area is 119 Å². The van der Waals surface area contributed by atoms with Crippen molar-refractivity contribution in [3.63, 3.8) is 0 Å². The van der Waals surface area contributed by atoms with Gasteiger partial charge in [0.05, 0.1) is 6.33 Å². The lowest BCUT2D eigenvalue weighted by atomic mass is 9.96. The summed E-state index contributed by atoms with van der Waals surface area (Å²) in [7, 11) is 0. The fraction of sp³-hybridized carbons (Fsp3) is 0.714. The van der Waals surface area contributed by atoms with Crippen LogP contribution in [0.5, 0.6) is 0 Å². The molecule has 0 bridgehead atoms. The predicted octanol–water partition coefficient (Wildman–Crippen LogP) is 0.814. The van der Waals surface area contributed by atoms with Gasteiger partial charge in [0.25, 0.3) is 5.56 Å². The number of nitrogens with one attached hydrogen (secondary N) is 2. The van der Waals surface area contributed by atoms with Gasteiger partial charge in [-0.3, -0.25) is 4.79 Å². The molecule has 0 aliphatic carbocycles. The zero-order chi connectivity index (χ0) is 14.5. The summed E-state index contributed by atoms with van der Waals surface area (Å²) < 4.78 is 0. The van der Waals surface area contributed by atoms with Crippen LogP contribution in [0.2, 0.25) is 0 Å². The molecule has 6 nitrogen and oxygen atoms in total. The predicted molar refractivity (Wildman–Crippen MR) is 81.9 cm³/mol. The summed E-state index contributed by atoms with van der Waals surface area (Å²) in [5, 5.41) is 3.52. The first kappa shape index (κ1) is 14.8. The number of hydrogen-bond donors (Lipinski definition) is 3. The molecule has 0 aromatic carbocycles. The maximum absolute atomic E-state index is 11.5. The van der Waals surface area contributed by atoms with E-state index >= 15 is 0 Å². The average Bonchev–Trinajstić information content (AvgIpc) is 2.42. The van der Waals surface area contributed by atoms with E-state index in [-0.39, 0.29) is 11.2 Å². The first-order valence-electron chi connectivity index (χ1n) is 7.36. The van der Waals surface area contributed by atoms with Crippen LogP contribution in [0.15, 0.2) is 11.1 Å². The van der Waals surface area contributed by atoms with Crippen molar-refractivity contribution >= 4 is 11.5 Å². The van der Waals surface area contributed by atoms with Crippen molar-refractivity contribution in [2.75, 3.05) is 36.8 Å². The van der Waals surface area contributed by atoms with Gasteiger partial charge < -0.3 is 20.9 Å². The van der Waals surface area contributed by atoms with Crippen LogP contribution in [0.3, 0.4) is 0 Å². The third-order valence-electron chi connectivity index (χ3n) is 3.77. The second-order valence-corrected chi connectivity index (χ2v) is 5.95. The highest BCUT2D eigenvalue weighted by molar-refractivity contribution is 5.60. The Kier molecular flexibility index (Phi) is 5.00. The summed E-state index contributed by atoms with van der Waals surface area (Å²) in [6, 6.07) is 0. The molecule has 6 heteroatoms. The first-order valence-corrected chi connectivity index (χ1v) is 7.36. The third-order valence-corrected chi connectivity index (χ3v) is 3.77. The molecule has 1 aromatic heterocycles. The minimum absolute atomic E-state index is 0.226. The number of nitrogen functional groups attached to an aromatic ring is 1. The van der Waals surface area contributed by atoms with E-state index in [1.165, 1.54) is 6.33 Å². The number of hydrogen-bond acceptors (Lipinski definition) is 5. The number of aromatic amines is 1. The molecule has 20 heavy (non-hydrogen) atoms. The Bertz CT molecular complexity index is 477. The average molecular weight is 279 g/mol. The molecule has 0 unspecified atom stereocenters. The number of piperidine rings is 1. The van der Waals surface area contributed by atoms with Crippen LogP contribution in [-0.4, -0.2) is 36.1 Å². The summed E-state index contributed by atoms with van der Waals surface area (Å²) in [5.74, 6) is 2.02. The van der Waals surface area contributed by atoms with Crippen molar-refractivity contribution in [2.45, 2.75) is 26.7 Å². The molecular weight excluding hydrogens is 254 g/mol. The highest BCUT2D eigenvalue weighted by Crippen LogP contribution is 2.23. The number of nitrogens with two attached hydrogens (primary N) is 1. The summed E-state index contributed by atoms with van der Waals surface area (Å²) in [5.41, 5.74) is 5.77. The molecule has 0 amide bonds. The molecule has 112 valence electrons. The van der Waals surface area contributed by atoms with E-state index in [4.69, 9.17) is 5.73 Å². The van der Waals surface area contributed by atoms with Crippen LogP contribution in [0.1, 0.15) is 26.7 Å². The fourth-order valence-electron chi connectivity index (χ4n) is 2.58. The van der Waals surface area contributed by atoms with Crippen LogP contribution < -0.4 is 21.5 Å². The molecule has 4 N–H and O–H groups in total. The normalized spacial score (nSPS) is 16.9. The Morgan fingerprint density at radius 3 is 2.85 bits per heavy atom. The van der Waals surface area contributed by atoms with Crippen molar-refractivity contribution < 1.29 is 0 Å². The van der Waals surface area contributed by atoms with Crippen molar-refractivity contribution in [1.82, 2.24) is 15.3 Å². The van der Waals surface area contributed by atoms with Crippen molar-refractivity contribution in [3.05, 3.63) is 16.7 Å². The maximum atomic E-state index is 11.5. The van der Waals surface area contributed by atoms with Crippen LogP contribution in [-0.2, 0) is 0 Å². The van der Waals surface area contributed by atoms with Gasteiger partial charge in [-0.15, -0.1) is 0 Å². The SMILES string of the molecule is CC(C)CNCC1CCN(c2nc[nH]c(=O)c2N)CC1. The second-order valence-electron chi connectivity index (χ2n) is 5.95. The lowest BCUT2D eigenvalue weighted by Crippen LogP contribution is -2.39. The van der Waals surface area contributed by atoms with E-state index in [0.29, 0.717) is 17.7 Å². The van der Waals surface area contributed by atoms with Gasteiger partial charge in [-0.1, -0.05) is 13.8 Å². The maximum Gasteiger partial charge on any atom is 0.276 e. The number of aromatic nitrogens is 2. The zero-order valence-corrected chi connectivity index (χ0v) is 12.4. The molecule has 0 atom stereocenters. The number of anilines is 2. The minimum Gasteiger partial charge on any atom is -0.391 e. The topological polar surface area (TPSA) is 87.0 Å². The molecule has 2 heterocycles. The van der Waals surface area contributed by atoms with Crippen LogP contribution in [0.4, 0.5) is 11.5 Å². The van der Waals surface area contributed by atoms with E-state index in [1.807, 2.05) is 0 Å². The second kappa shape index (κ2) is 6.74. The first-order chi connectivity index (χ1) is 9.58. The van der Waals surface area contributed by atoms with Gasteiger partial charge >= 0.3 is 0 Å². The van der Waals surface area contributed by atoms with Crippen molar-refractivity contribution in [3.8, 4) is 0 Å². The molecule has 0 spiro atoms. The van der Waals surface area contributed by atoms with Gasteiger partial charge in [-0.2, -0.15) is 0 Å². The van der Waals surface area contributed by atoms with Crippen molar-refractivity contribution in [2.24, 2.45) is 11.8 Å². The summed E-state index contributed by atoms with van der Waals surface area (Å²) >= 11 is 0. The fourth-order valence-corrected chi connectivity index (χ4v) is 2.58. The van der Waals surface area contributed by atoms with Gasteiger partial charge in [0, 0.05) is 13.1 Å².